The number of benzene rings is 2. The molecule has 3 heteroatoms. The van der Waals surface area contributed by atoms with Gasteiger partial charge in [0.2, 0.25) is 0 Å². The van der Waals surface area contributed by atoms with Gasteiger partial charge in [-0.05, 0) is 29.7 Å². The predicted molar refractivity (Wildman–Crippen MR) is 76.6 cm³/mol. The summed E-state index contributed by atoms with van der Waals surface area (Å²) < 4.78 is 5.17. The van der Waals surface area contributed by atoms with E-state index in [-0.39, 0.29) is 6.04 Å². The van der Waals surface area contributed by atoms with Crippen LogP contribution in [-0.4, -0.2) is 12.9 Å². The van der Waals surface area contributed by atoms with E-state index < -0.39 is 0 Å². The van der Waals surface area contributed by atoms with Gasteiger partial charge in [-0.2, -0.15) is 0 Å². The number of ether oxygens (including phenoxy) is 1. The zero-order valence-corrected chi connectivity index (χ0v) is 10.8. The van der Waals surface area contributed by atoms with Crippen molar-refractivity contribution in [2.24, 2.45) is 10.7 Å². The largest absolute Gasteiger partial charge is 0.497 e. The number of aliphatic imine (C=N–C) groups is 1. The molecule has 3 nitrogen and oxygen atoms in total. The molecule has 1 aliphatic heterocycles. The molecule has 0 amide bonds. The highest BCUT2D eigenvalue weighted by molar-refractivity contribution is 5.99. The molecule has 96 valence electrons. The van der Waals surface area contributed by atoms with Gasteiger partial charge in [0.05, 0.1) is 13.2 Å². The third-order valence-corrected chi connectivity index (χ3v) is 3.50. The third kappa shape index (κ3) is 2.19. The summed E-state index contributed by atoms with van der Waals surface area (Å²) >= 11 is 0. The number of fused-ring (bicyclic) bond motifs is 1. The summed E-state index contributed by atoms with van der Waals surface area (Å²) in [5, 5.41) is 0. The molecule has 0 saturated carbocycles. The van der Waals surface area contributed by atoms with Crippen molar-refractivity contribution in [3.05, 3.63) is 65.2 Å². The van der Waals surface area contributed by atoms with Gasteiger partial charge in [0.25, 0.3) is 0 Å². The normalized spacial score (nSPS) is 17.5. The van der Waals surface area contributed by atoms with E-state index in [1.807, 2.05) is 42.5 Å². The molecule has 1 aliphatic rings. The molecule has 0 aromatic heterocycles. The van der Waals surface area contributed by atoms with Crippen LogP contribution in [0.4, 0.5) is 0 Å². The zero-order chi connectivity index (χ0) is 13.2. The second-order valence-corrected chi connectivity index (χ2v) is 4.66. The van der Waals surface area contributed by atoms with Gasteiger partial charge in [-0.3, -0.25) is 4.99 Å². The van der Waals surface area contributed by atoms with Crippen molar-refractivity contribution in [1.82, 2.24) is 0 Å². The highest BCUT2D eigenvalue weighted by atomic mass is 16.5. The lowest BCUT2D eigenvalue weighted by atomic mass is 9.92. The highest BCUT2D eigenvalue weighted by Gasteiger charge is 2.20. The number of rotatable bonds is 2. The summed E-state index contributed by atoms with van der Waals surface area (Å²) in [6.45, 7) is 0. The minimum absolute atomic E-state index is 0.0980. The molecule has 1 atom stereocenters. The summed E-state index contributed by atoms with van der Waals surface area (Å²) in [7, 11) is 1.67. The van der Waals surface area contributed by atoms with Crippen molar-refractivity contribution >= 4 is 5.84 Å². The standard InChI is InChI=1S/C16H16N2O/c1-19-13-8-6-11(7-9-13)15-10-12-4-2-3-5-14(12)16(17)18-15/h2-9,15H,10H2,1H3,(H2,17,18). The van der Waals surface area contributed by atoms with Crippen LogP contribution in [0.25, 0.3) is 0 Å². The maximum atomic E-state index is 6.06. The predicted octanol–water partition coefficient (Wildman–Crippen LogP) is 2.70. The number of hydrogen-bond donors (Lipinski definition) is 1. The van der Waals surface area contributed by atoms with Crippen LogP contribution in [0.3, 0.4) is 0 Å². The molecule has 3 rings (SSSR count). The van der Waals surface area contributed by atoms with E-state index in [0.717, 1.165) is 17.7 Å². The first-order chi connectivity index (χ1) is 9.28. The fourth-order valence-electron chi connectivity index (χ4n) is 2.46. The summed E-state index contributed by atoms with van der Waals surface area (Å²) in [5.41, 5.74) is 9.54. The molecule has 2 aromatic carbocycles. The molecule has 2 N–H and O–H groups in total. The second kappa shape index (κ2) is 4.76. The van der Waals surface area contributed by atoms with Crippen LogP contribution in [0, 0.1) is 0 Å². The smallest absolute Gasteiger partial charge is 0.126 e. The van der Waals surface area contributed by atoms with Crippen LogP contribution in [0.2, 0.25) is 0 Å². The van der Waals surface area contributed by atoms with Crippen LogP contribution in [0.1, 0.15) is 22.7 Å². The Hall–Kier alpha value is -2.29. The summed E-state index contributed by atoms with van der Waals surface area (Å²) in [4.78, 5) is 4.60. The fraction of sp³-hybridized carbons (Fsp3) is 0.188. The quantitative estimate of drug-likeness (QED) is 0.893. The lowest BCUT2D eigenvalue weighted by Crippen LogP contribution is -2.22. The maximum absolute atomic E-state index is 6.06. The van der Waals surface area contributed by atoms with Gasteiger partial charge in [0.1, 0.15) is 11.6 Å². The lowest BCUT2D eigenvalue weighted by molar-refractivity contribution is 0.414. The number of nitrogens with two attached hydrogens (primary N) is 1. The zero-order valence-electron chi connectivity index (χ0n) is 10.8. The van der Waals surface area contributed by atoms with E-state index in [4.69, 9.17) is 10.5 Å². The molecule has 0 bridgehead atoms. The van der Waals surface area contributed by atoms with Gasteiger partial charge < -0.3 is 10.5 Å². The summed E-state index contributed by atoms with van der Waals surface area (Å²) in [6, 6.07) is 16.3. The van der Waals surface area contributed by atoms with Crippen LogP contribution < -0.4 is 10.5 Å². The Labute approximate surface area is 112 Å². The topological polar surface area (TPSA) is 47.6 Å². The van der Waals surface area contributed by atoms with E-state index in [9.17, 15) is 0 Å². The van der Waals surface area contributed by atoms with E-state index in [2.05, 4.69) is 11.1 Å². The molecule has 0 spiro atoms. The Bertz CT molecular complexity index is 617. The number of nitrogens with zero attached hydrogens (tertiary/aromatic N) is 1. The summed E-state index contributed by atoms with van der Waals surface area (Å²) in [6.07, 6.45) is 0.892. The van der Waals surface area contributed by atoms with Crippen LogP contribution in [0.15, 0.2) is 53.5 Å². The first-order valence-corrected chi connectivity index (χ1v) is 6.33. The summed E-state index contributed by atoms with van der Waals surface area (Å²) in [5.74, 6) is 1.49. The van der Waals surface area contributed by atoms with Crippen LogP contribution in [-0.2, 0) is 6.42 Å². The van der Waals surface area contributed by atoms with Crippen LogP contribution in [0.5, 0.6) is 5.75 Å². The number of methoxy groups -OCH3 is 1. The number of amidine groups is 1. The fourth-order valence-corrected chi connectivity index (χ4v) is 2.46. The van der Waals surface area contributed by atoms with Gasteiger partial charge in [-0.25, -0.2) is 0 Å². The van der Waals surface area contributed by atoms with Crippen molar-refractivity contribution < 1.29 is 4.74 Å². The van der Waals surface area contributed by atoms with E-state index in [1.54, 1.807) is 7.11 Å². The molecule has 19 heavy (non-hydrogen) atoms. The van der Waals surface area contributed by atoms with Crippen LogP contribution >= 0.6 is 0 Å². The van der Waals surface area contributed by atoms with E-state index in [1.165, 1.54) is 11.1 Å². The molecule has 0 fully saturated rings. The minimum Gasteiger partial charge on any atom is -0.497 e. The minimum atomic E-state index is 0.0980. The van der Waals surface area contributed by atoms with Crippen molar-refractivity contribution in [2.45, 2.75) is 12.5 Å². The van der Waals surface area contributed by atoms with Gasteiger partial charge in [0.15, 0.2) is 0 Å². The average Bonchev–Trinajstić information content (AvgIpc) is 2.47. The Kier molecular flexibility index (Phi) is 2.95. The molecule has 1 unspecified atom stereocenters. The van der Waals surface area contributed by atoms with E-state index >= 15 is 0 Å². The Morgan fingerprint density at radius 2 is 1.84 bits per heavy atom. The average molecular weight is 252 g/mol. The molecule has 1 heterocycles. The van der Waals surface area contributed by atoms with Crippen molar-refractivity contribution in [1.29, 1.82) is 0 Å². The van der Waals surface area contributed by atoms with Crippen molar-refractivity contribution in [3.8, 4) is 5.75 Å². The van der Waals surface area contributed by atoms with Crippen molar-refractivity contribution in [3.63, 3.8) is 0 Å². The van der Waals surface area contributed by atoms with Gasteiger partial charge >= 0.3 is 0 Å². The SMILES string of the molecule is COc1ccc(C2Cc3ccccc3C(N)=N2)cc1. The third-order valence-electron chi connectivity index (χ3n) is 3.50. The molecular formula is C16H16N2O. The monoisotopic (exact) mass is 252 g/mol. The first kappa shape index (κ1) is 11.8. The highest BCUT2D eigenvalue weighted by Crippen LogP contribution is 2.29. The maximum Gasteiger partial charge on any atom is 0.126 e. The molecule has 2 aromatic rings. The Balaban J connectivity index is 1.94. The Morgan fingerprint density at radius 3 is 2.58 bits per heavy atom. The lowest BCUT2D eigenvalue weighted by Gasteiger charge is -2.22. The van der Waals surface area contributed by atoms with Gasteiger partial charge in [-0.1, -0.05) is 36.4 Å². The van der Waals surface area contributed by atoms with Gasteiger partial charge in [0, 0.05) is 5.56 Å². The first-order valence-electron chi connectivity index (χ1n) is 6.33. The molecule has 0 aliphatic carbocycles. The number of hydrogen-bond acceptors (Lipinski definition) is 3. The van der Waals surface area contributed by atoms with Crippen molar-refractivity contribution in [2.75, 3.05) is 7.11 Å². The molecular weight excluding hydrogens is 236 g/mol. The second-order valence-electron chi connectivity index (χ2n) is 4.66. The molecule has 0 radical (unpaired) electrons. The van der Waals surface area contributed by atoms with E-state index in [0.29, 0.717) is 5.84 Å². The Morgan fingerprint density at radius 1 is 1.11 bits per heavy atom. The van der Waals surface area contributed by atoms with Gasteiger partial charge in [-0.15, -0.1) is 0 Å². The molecule has 0 saturated heterocycles.